The first-order chi connectivity index (χ1) is 13.5. The summed E-state index contributed by atoms with van der Waals surface area (Å²) >= 11 is 8.58. The molecule has 2 aromatic carbocycles. The Bertz CT molecular complexity index is 1130. The summed E-state index contributed by atoms with van der Waals surface area (Å²) < 4.78 is 5.30. The quantitative estimate of drug-likeness (QED) is 0.560. The molecule has 1 aromatic heterocycles. The number of hydrogen-bond acceptors (Lipinski definition) is 6. The molecule has 8 heteroatoms. The van der Waals surface area contributed by atoms with Crippen LogP contribution in [-0.2, 0) is 4.79 Å². The summed E-state index contributed by atoms with van der Waals surface area (Å²) in [5.41, 5.74) is 1.61. The molecular weight excluding hydrogens is 414 g/mol. The maximum Gasteiger partial charge on any atom is 0.264 e. The number of carbonyl (C=O) groups excluding carboxylic acids is 1. The molecule has 5 nitrogen and oxygen atoms in total. The summed E-state index contributed by atoms with van der Waals surface area (Å²) in [6.07, 6.45) is 1.77. The fourth-order valence-electron chi connectivity index (χ4n) is 2.65. The SMILES string of the molecule is COc1ccc2cc(C=C3SC(=N)NC3=O)c(Sc3ccc(Cl)cc3)nc2c1. The van der Waals surface area contributed by atoms with Gasteiger partial charge in [0.25, 0.3) is 5.91 Å². The third kappa shape index (κ3) is 4.01. The molecule has 1 fully saturated rings. The zero-order chi connectivity index (χ0) is 19.7. The second-order valence-corrected chi connectivity index (χ2v) is 8.44. The minimum absolute atomic E-state index is 0.127. The van der Waals surface area contributed by atoms with E-state index in [-0.39, 0.29) is 11.1 Å². The molecule has 0 spiro atoms. The molecule has 0 atom stereocenters. The van der Waals surface area contributed by atoms with Crippen LogP contribution in [0.15, 0.2) is 63.4 Å². The number of amides is 1. The number of hydrogen-bond donors (Lipinski definition) is 2. The highest BCUT2D eigenvalue weighted by molar-refractivity contribution is 8.18. The number of rotatable bonds is 4. The van der Waals surface area contributed by atoms with Gasteiger partial charge in [0.1, 0.15) is 10.8 Å². The van der Waals surface area contributed by atoms with E-state index < -0.39 is 0 Å². The van der Waals surface area contributed by atoms with Gasteiger partial charge in [-0.3, -0.25) is 10.2 Å². The average molecular weight is 428 g/mol. The number of nitrogens with one attached hydrogen (secondary N) is 2. The summed E-state index contributed by atoms with van der Waals surface area (Å²) in [7, 11) is 1.62. The summed E-state index contributed by atoms with van der Waals surface area (Å²) in [4.78, 5) is 18.3. The Balaban J connectivity index is 1.83. The van der Waals surface area contributed by atoms with Crippen molar-refractivity contribution in [1.29, 1.82) is 5.41 Å². The normalized spacial score (nSPS) is 15.3. The first-order valence-electron chi connectivity index (χ1n) is 8.23. The molecule has 1 amide bonds. The first kappa shape index (κ1) is 18.9. The molecule has 1 saturated heterocycles. The van der Waals surface area contributed by atoms with Gasteiger partial charge >= 0.3 is 0 Å². The second-order valence-electron chi connectivity index (χ2n) is 5.89. The largest absolute Gasteiger partial charge is 0.497 e. The van der Waals surface area contributed by atoms with Crippen molar-refractivity contribution in [3.05, 3.63) is 64.0 Å². The number of fused-ring (bicyclic) bond motifs is 1. The Hall–Kier alpha value is -2.48. The topological polar surface area (TPSA) is 75.1 Å². The maximum atomic E-state index is 12.0. The minimum Gasteiger partial charge on any atom is -0.497 e. The van der Waals surface area contributed by atoms with E-state index in [4.69, 9.17) is 26.7 Å². The van der Waals surface area contributed by atoms with Gasteiger partial charge in [0.05, 0.1) is 17.5 Å². The third-order valence-electron chi connectivity index (χ3n) is 4.00. The molecule has 3 aromatic rings. The Morgan fingerprint density at radius 2 is 2.00 bits per heavy atom. The Kier molecular flexibility index (Phi) is 5.30. The predicted molar refractivity (Wildman–Crippen MR) is 115 cm³/mol. The van der Waals surface area contributed by atoms with Gasteiger partial charge in [-0.25, -0.2) is 4.98 Å². The Labute approximate surface area is 175 Å². The van der Waals surface area contributed by atoms with Crippen LogP contribution in [0.2, 0.25) is 5.02 Å². The van der Waals surface area contributed by atoms with Gasteiger partial charge in [-0.2, -0.15) is 0 Å². The van der Waals surface area contributed by atoms with E-state index in [1.54, 1.807) is 13.2 Å². The van der Waals surface area contributed by atoms with Crippen LogP contribution < -0.4 is 10.1 Å². The molecule has 4 rings (SSSR count). The molecule has 0 bridgehead atoms. The molecular formula is C20H14ClN3O2S2. The molecule has 0 unspecified atom stereocenters. The predicted octanol–water partition coefficient (Wildman–Crippen LogP) is 5.19. The number of halogens is 1. The van der Waals surface area contributed by atoms with Crippen molar-refractivity contribution in [3.8, 4) is 5.75 Å². The number of amidine groups is 1. The van der Waals surface area contributed by atoms with Gasteiger partial charge < -0.3 is 10.1 Å². The van der Waals surface area contributed by atoms with Crippen LogP contribution in [0.4, 0.5) is 0 Å². The van der Waals surface area contributed by atoms with Crippen molar-refractivity contribution in [2.45, 2.75) is 9.92 Å². The lowest BCUT2D eigenvalue weighted by molar-refractivity contribution is -0.115. The van der Waals surface area contributed by atoms with Crippen molar-refractivity contribution in [2.24, 2.45) is 0 Å². The Morgan fingerprint density at radius 3 is 2.68 bits per heavy atom. The minimum atomic E-state index is -0.271. The standard InChI is InChI=1S/C20H14ClN3O2S2/c1-26-14-5-2-11-8-12(9-17-18(25)24-20(22)28-17)19(23-16(11)10-14)27-15-6-3-13(21)4-7-15/h2-10H,1H3,(H2,22,24,25). The van der Waals surface area contributed by atoms with E-state index in [2.05, 4.69) is 5.32 Å². The average Bonchev–Trinajstić information content (AvgIpc) is 3.00. The highest BCUT2D eigenvalue weighted by atomic mass is 35.5. The molecule has 0 radical (unpaired) electrons. The smallest absolute Gasteiger partial charge is 0.264 e. The van der Waals surface area contributed by atoms with Crippen molar-refractivity contribution in [1.82, 2.24) is 10.3 Å². The Morgan fingerprint density at radius 1 is 1.21 bits per heavy atom. The number of thioether (sulfide) groups is 1. The zero-order valence-corrected chi connectivity index (χ0v) is 17.0. The van der Waals surface area contributed by atoms with Gasteiger partial charge in [0, 0.05) is 26.9 Å². The molecule has 28 heavy (non-hydrogen) atoms. The zero-order valence-electron chi connectivity index (χ0n) is 14.7. The van der Waals surface area contributed by atoms with Crippen molar-refractivity contribution in [3.63, 3.8) is 0 Å². The van der Waals surface area contributed by atoms with Crippen molar-refractivity contribution in [2.75, 3.05) is 7.11 Å². The number of ether oxygens (including phenoxy) is 1. The molecule has 0 saturated carbocycles. The lowest BCUT2D eigenvalue weighted by Crippen LogP contribution is -2.18. The highest BCUT2D eigenvalue weighted by Gasteiger charge is 2.23. The molecule has 140 valence electrons. The molecule has 1 aliphatic rings. The third-order valence-corrected chi connectivity index (χ3v) is 6.10. The van der Waals surface area contributed by atoms with Crippen LogP contribution in [0.5, 0.6) is 5.75 Å². The van der Waals surface area contributed by atoms with E-state index >= 15 is 0 Å². The second kappa shape index (κ2) is 7.87. The van der Waals surface area contributed by atoms with Gasteiger partial charge in [0.2, 0.25) is 0 Å². The number of benzene rings is 2. The molecule has 1 aliphatic heterocycles. The summed E-state index contributed by atoms with van der Waals surface area (Å²) in [6.45, 7) is 0. The fraction of sp³-hybridized carbons (Fsp3) is 0.0500. The van der Waals surface area contributed by atoms with Crippen LogP contribution >= 0.6 is 35.1 Å². The van der Waals surface area contributed by atoms with Gasteiger partial charge in [-0.1, -0.05) is 23.4 Å². The maximum absolute atomic E-state index is 12.0. The van der Waals surface area contributed by atoms with Crippen LogP contribution in [-0.4, -0.2) is 23.2 Å². The van der Waals surface area contributed by atoms with Crippen LogP contribution in [0.3, 0.4) is 0 Å². The van der Waals surface area contributed by atoms with E-state index in [9.17, 15) is 4.79 Å². The van der Waals surface area contributed by atoms with E-state index in [1.807, 2.05) is 48.5 Å². The lowest BCUT2D eigenvalue weighted by atomic mass is 10.1. The van der Waals surface area contributed by atoms with Crippen LogP contribution in [0, 0.1) is 5.41 Å². The van der Waals surface area contributed by atoms with E-state index in [1.165, 1.54) is 11.8 Å². The van der Waals surface area contributed by atoms with Crippen molar-refractivity contribution >= 4 is 63.2 Å². The van der Waals surface area contributed by atoms with Crippen molar-refractivity contribution < 1.29 is 9.53 Å². The van der Waals surface area contributed by atoms with Crippen LogP contribution in [0.1, 0.15) is 5.56 Å². The number of methoxy groups -OCH3 is 1. The monoisotopic (exact) mass is 427 g/mol. The van der Waals surface area contributed by atoms with E-state index in [0.717, 1.165) is 43.9 Å². The summed E-state index contributed by atoms with van der Waals surface area (Å²) in [5, 5.41) is 12.6. The number of carbonyl (C=O) groups is 1. The van der Waals surface area contributed by atoms with Crippen LogP contribution in [0.25, 0.3) is 17.0 Å². The lowest BCUT2D eigenvalue weighted by Gasteiger charge is -2.09. The first-order valence-corrected chi connectivity index (χ1v) is 10.2. The summed E-state index contributed by atoms with van der Waals surface area (Å²) in [6, 6.07) is 15.2. The molecule has 2 N–H and O–H groups in total. The van der Waals surface area contributed by atoms with Gasteiger partial charge in [-0.15, -0.1) is 0 Å². The number of aromatic nitrogens is 1. The van der Waals surface area contributed by atoms with Gasteiger partial charge in [0.15, 0.2) is 5.17 Å². The van der Waals surface area contributed by atoms with Gasteiger partial charge in [-0.05, 0) is 60.3 Å². The molecule has 0 aliphatic carbocycles. The fourth-order valence-corrected chi connectivity index (χ4v) is 4.35. The van der Waals surface area contributed by atoms with E-state index in [0.29, 0.717) is 9.93 Å². The number of pyridine rings is 1. The number of nitrogens with zero attached hydrogens (tertiary/aromatic N) is 1. The summed E-state index contributed by atoms with van der Waals surface area (Å²) in [5.74, 6) is 0.458. The highest BCUT2D eigenvalue weighted by Crippen LogP contribution is 2.35. The molecule has 2 heterocycles.